The van der Waals surface area contributed by atoms with Crippen molar-refractivity contribution in [3.8, 4) is 5.75 Å². The molecule has 8 heteroatoms. The fourth-order valence-electron chi connectivity index (χ4n) is 3.49. The number of alkyl halides is 3. The van der Waals surface area contributed by atoms with Crippen molar-refractivity contribution in [3.05, 3.63) is 58.6 Å². The minimum Gasteiger partial charge on any atom is -0.490 e. The van der Waals surface area contributed by atoms with Gasteiger partial charge in [-0.1, -0.05) is 23.7 Å². The fourth-order valence-corrected chi connectivity index (χ4v) is 3.75. The topological polar surface area (TPSA) is 31.4 Å². The number of aromatic nitrogens is 1. The summed E-state index contributed by atoms with van der Waals surface area (Å²) in [5, 5.41) is -0.631. The molecular weight excluding hydrogens is 386 g/mol. The van der Waals surface area contributed by atoms with Crippen LogP contribution in [0.5, 0.6) is 5.75 Å². The summed E-state index contributed by atoms with van der Waals surface area (Å²) < 4.78 is 64.2. The van der Waals surface area contributed by atoms with Crippen LogP contribution in [0.1, 0.15) is 36.8 Å². The Kier molecular flexibility index (Phi) is 5.63. The van der Waals surface area contributed by atoms with E-state index in [0.717, 1.165) is 5.56 Å². The van der Waals surface area contributed by atoms with E-state index in [1.165, 1.54) is 24.4 Å². The molecule has 146 valence electrons. The third-order valence-electron chi connectivity index (χ3n) is 4.94. The highest BCUT2D eigenvalue weighted by Gasteiger charge is 2.41. The van der Waals surface area contributed by atoms with Gasteiger partial charge < -0.3 is 9.47 Å². The lowest BCUT2D eigenvalue weighted by Gasteiger charge is -2.39. The molecule has 0 N–H and O–H groups in total. The highest BCUT2D eigenvalue weighted by Crippen LogP contribution is 2.44. The molecule has 0 spiro atoms. The van der Waals surface area contributed by atoms with Crippen molar-refractivity contribution in [3.63, 3.8) is 0 Å². The minimum atomic E-state index is -4.65. The van der Waals surface area contributed by atoms with E-state index < -0.39 is 28.6 Å². The van der Waals surface area contributed by atoms with Crippen LogP contribution in [0.15, 0.2) is 36.5 Å². The van der Waals surface area contributed by atoms with Gasteiger partial charge in [0.25, 0.3) is 0 Å². The van der Waals surface area contributed by atoms with Crippen molar-refractivity contribution in [2.24, 2.45) is 0 Å². The second-order valence-corrected chi connectivity index (χ2v) is 6.85. The zero-order valence-corrected chi connectivity index (χ0v) is 15.3. The number of ether oxygens (including phenoxy) is 2. The molecule has 1 aromatic heterocycles. The van der Waals surface area contributed by atoms with Gasteiger partial charge in [-0.15, -0.1) is 0 Å². The summed E-state index contributed by atoms with van der Waals surface area (Å²) in [7, 11) is 1.58. The summed E-state index contributed by atoms with van der Waals surface area (Å²) in [6.07, 6.45) is -1.81. The SMILES string of the molecule is COC1(c2ccc(F)cc2)CCC(Oc2ccnc(Cl)c2C(F)(F)F)CC1. The lowest BCUT2D eigenvalue weighted by atomic mass is 9.78. The molecule has 1 heterocycles. The van der Waals surface area contributed by atoms with Crippen LogP contribution in [0.2, 0.25) is 5.15 Å². The molecule has 3 nitrogen and oxygen atoms in total. The van der Waals surface area contributed by atoms with E-state index >= 15 is 0 Å². The molecule has 1 saturated carbocycles. The van der Waals surface area contributed by atoms with E-state index in [2.05, 4.69) is 4.98 Å². The van der Waals surface area contributed by atoms with Crippen LogP contribution in [0.25, 0.3) is 0 Å². The Balaban J connectivity index is 1.75. The molecule has 2 aromatic rings. The highest BCUT2D eigenvalue weighted by atomic mass is 35.5. The maximum absolute atomic E-state index is 13.2. The fraction of sp³-hybridized carbons (Fsp3) is 0.421. The average Bonchev–Trinajstić information content (AvgIpc) is 2.62. The van der Waals surface area contributed by atoms with E-state index in [9.17, 15) is 17.6 Å². The van der Waals surface area contributed by atoms with Gasteiger partial charge in [0.2, 0.25) is 0 Å². The van der Waals surface area contributed by atoms with Crippen LogP contribution < -0.4 is 4.74 Å². The monoisotopic (exact) mass is 403 g/mol. The number of nitrogens with zero attached hydrogens (tertiary/aromatic N) is 1. The maximum Gasteiger partial charge on any atom is 0.422 e. The normalized spacial score (nSPS) is 23.3. The first-order valence-corrected chi connectivity index (χ1v) is 8.82. The number of hydrogen-bond donors (Lipinski definition) is 0. The first-order chi connectivity index (χ1) is 12.7. The predicted octanol–water partition coefficient (Wildman–Crippen LogP) is 5.76. The van der Waals surface area contributed by atoms with Crippen molar-refractivity contribution in [2.45, 2.75) is 43.6 Å². The molecule has 1 aliphatic carbocycles. The molecule has 1 aliphatic rings. The zero-order chi connectivity index (χ0) is 19.7. The average molecular weight is 404 g/mol. The molecule has 0 atom stereocenters. The van der Waals surface area contributed by atoms with Crippen molar-refractivity contribution >= 4 is 11.6 Å². The molecule has 0 amide bonds. The second-order valence-electron chi connectivity index (χ2n) is 6.50. The van der Waals surface area contributed by atoms with E-state index in [1.807, 2.05) is 0 Å². The molecule has 3 rings (SSSR count). The first-order valence-electron chi connectivity index (χ1n) is 8.45. The lowest BCUT2D eigenvalue weighted by molar-refractivity contribution is -0.140. The second kappa shape index (κ2) is 7.64. The molecule has 1 fully saturated rings. The number of rotatable bonds is 4. The van der Waals surface area contributed by atoms with E-state index in [4.69, 9.17) is 21.1 Å². The van der Waals surface area contributed by atoms with Crippen LogP contribution in [0.3, 0.4) is 0 Å². The van der Waals surface area contributed by atoms with Gasteiger partial charge in [0.1, 0.15) is 22.3 Å². The largest absolute Gasteiger partial charge is 0.490 e. The first kappa shape index (κ1) is 19.9. The van der Waals surface area contributed by atoms with E-state index in [0.29, 0.717) is 25.7 Å². The van der Waals surface area contributed by atoms with Gasteiger partial charge in [-0.25, -0.2) is 9.37 Å². The van der Waals surface area contributed by atoms with Gasteiger partial charge in [-0.3, -0.25) is 0 Å². The van der Waals surface area contributed by atoms with Crippen LogP contribution in [-0.2, 0) is 16.5 Å². The van der Waals surface area contributed by atoms with E-state index in [-0.39, 0.29) is 11.6 Å². The Morgan fingerprint density at radius 3 is 2.30 bits per heavy atom. The van der Waals surface area contributed by atoms with Crippen LogP contribution >= 0.6 is 11.6 Å². The van der Waals surface area contributed by atoms with Crippen molar-refractivity contribution in [1.82, 2.24) is 4.98 Å². The maximum atomic E-state index is 13.2. The smallest absolute Gasteiger partial charge is 0.422 e. The van der Waals surface area contributed by atoms with Crippen LogP contribution in [0, 0.1) is 5.82 Å². The summed E-state index contributed by atoms with van der Waals surface area (Å²) in [5.74, 6) is -0.657. The summed E-state index contributed by atoms with van der Waals surface area (Å²) in [6, 6.07) is 7.25. The van der Waals surface area contributed by atoms with Gasteiger partial charge in [0.05, 0.1) is 11.7 Å². The van der Waals surface area contributed by atoms with Crippen molar-refractivity contribution in [1.29, 1.82) is 0 Å². The molecule has 27 heavy (non-hydrogen) atoms. The van der Waals surface area contributed by atoms with Gasteiger partial charge in [-0.05, 0) is 49.4 Å². The number of hydrogen-bond acceptors (Lipinski definition) is 3. The summed E-state index contributed by atoms with van der Waals surface area (Å²) in [5.41, 5.74) is -0.822. The molecule has 0 saturated heterocycles. The third kappa shape index (κ3) is 4.19. The van der Waals surface area contributed by atoms with Gasteiger partial charge >= 0.3 is 6.18 Å². The predicted molar refractivity (Wildman–Crippen MR) is 92.2 cm³/mol. The molecule has 0 aliphatic heterocycles. The third-order valence-corrected chi connectivity index (χ3v) is 5.23. The molecule has 0 bridgehead atoms. The molecule has 0 unspecified atom stereocenters. The quantitative estimate of drug-likeness (QED) is 0.480. The lowest BCUT2D eigenvalue weighted by Crippen LogP contribution is -2.37. The van der Waals surface area contributed by atoms with Gasteiger partial charge in [-0.2, -0.15) is 13.2 Å². The van der Waals surface area contributed by atoms with Crippen LogP contribution in [-0.4, -0.2) is 18.2 Å². The minimum absolute atomic E-state index is 0.320. The highest BCUT2D eigenvalue weighted by molar-refractivity contribution is 6.30. The molecular formula is C19H18ClF4NO2. The number of benzene rings is 1. The number of halogens is 5. The van der Waals surface area contributed by atoms with Crippen LogP contribution in [0.4, 0.5) is 17.6 Å². The van der Waals surface area contributed by atoms with Crippen molar-refractivity contribution in [2.75, 3.05) is 7.11 Å². The zero-order valence-electron chi connectivity index (χ0n) is 14.5. The van der Waals surface area contributed by atoms with E-state index in [1.54, 1.807) is 19.2 Å². The number of pyridine rings is 1. The molecule has 1 aromatic carbocycles. The Morgan fingerprint density at radius 1 is 1.11 bits per heavy atom. The summed E-state index contributed by atoms with van der Waals surface area (Å²) >= 11 is 5.63. The Morgan fingerprint density at radius 2 is 1.74 bits per heavy atom. The standard InChI is InChI=1S/C19H18ClF4NO2/c1-26-18(12-2-4-13(21)5-3-12)9-6-14(7-10-18)27-15-8-11-25-17(20)16(15)19(22,23)24/h2-5,8,11,14H,6-7,9-10H2,1H3. The molecule has 0 radical (unpaired) electrons. The number of methoxy groups -OCH3 is 1. The Labute approximate surface area is 159 Å². The Bertz CT molecular complexity index is 787. The summed E-state index contributed by atoms with van der Waals surface area (Å²) in [6.45, 7) is 0. The Hall–Kier alpha value is -1.86. The summed E-state index contributed by atoms with van der Waals surface area (Å²) in [4.78, 5) is 3.50. The van der Waals surface area contributed by atoms with Crippen molar-refractivity contribution < 1.29 is 27.0 Å². The van der Waals surface area contributed by atoms with Gasteiger partial charge in [0, 0.05) is 13.3 Å². The van der Waals surface area contributed by atoms with Gasteiger partial charge in [0.15, 0.2) is 0 Å².